The lowest BCUT2D eigenvalue weighted by molar-refractivity contribution is -0.122. The molecule has 1 aliphatic rings. The molecule has 0 saturated carbocycles. The molecule has 1 aliphatic carbocycles. The SMILES string of the molecule is O=C(Cn1nc(-c2ccc(Cl)cc2)c(-c2ccc(Cl)cc2Cl)n1)NC1CCCc2ccccc21. The van der Waals surface area contributed by atoms with Crippen LogP contribution in [0, 0.1) is 0 Å². The summed E-state index contributed by atoms with van der Waals surface area (Å²) in [5.41, 5.74) is 5.16. The summed E-state index contributed by atoms with van der Waals surface area (Å²) >= 11 is 18.6. The van der Waals surface area contributed by atoms with E-state index < -0.39 is 0 Å². The molecule has 5 nitrogen and oxygen atoms in total. The van der Waals surface area contributed by atoms with E-state index in [4.69, 9.17) is 34.8 Å². The van der Waals surface area contributed by atoms with Gasteiger partial charge in [0.15, 0.2) is 0 Å². The van der Waals surface area contributed by atoms with Gasteiger partial charge in [0.2, 0.25) is 5.91 Å². The fourth-order valence-electron chi connectivity index (χ4n) is 4.36. The first kappa shape index (κ1) is 22.9. The number of carbonyl (C=O) groups is 1. The third-order valence-electron chi connectivity index (χ3n) is 5.95. The number of hydrogen-bond donors (Lipinski definition) is 1. The molecule has 0 aliphatic heterocycles. The van der Waals surface area contributed by atoms with Crippen LogP contribution < -0.4 is 5.32 Å². The lowest BCUT2D eigenvalue weighted by Crippen LogP contribution is -2.34. The average molecular weight is 512 g/mol. The van der Waals surface area contributed by atoms with Crippen molar-refractivity contribution in [1.82, 2.24) is 20.3 Å². The van der Waals surface area contributed by atoms with Gasteiger partial charge in [-0.2, -0.15) is 15.0 Å². The van der Waals surface area contributed by atoms with E-state index in [0.717, 1.165) is 24.8 Å². The van der Waals surface area contributed by atoms with Gasteiger partial charge in [-0.3, -0.25) is 4.79 Å². The monoisotopic (exact) mass is 510 g/mol. The van der Waals surface area contributed by atoms with Gasteiger partial charge in [-0.05, 0) is 60.7 Å². The zero-order chi connectivity index (χ0) is 23.7. The topological polar surface area (TPSA) is 59.8 Å². The Kier molecular flexibility index (Phi) is 6.59. The maximum Gasteiger partial charge on any atom is 0.244 e. The summed E-state index contributed by atoms with van der Waals surface area (Å²) in [4.78, 5) is 14.4. The summed E-state index contributed by atoms with van der Waals surface area (Å²) in [5, 5.41) is 14.0. The van der Waals surface area contributed by atoms with Crippen LogP contribution in [0.3, 0.4) is 0 Å². The van der Waals surface area contributed by atoms with E-state index in [9.17, 15) is 4.79 Å². The molecule has 0 saturated heterocycles. The molecule has 0 fully saturated rings. The molecular weight excluding hydrogens is 491 g/mol. The minimum Gasteiger partial charge on any atom is -0.348 e. The predicted molar refractivity (Wildman–Crippen MR) is 136 cm³/mol. The van der Waals surface area contributed by atoms with Crippen LogP contribution in [0.4, 0.5) is 0 Å². The third kappa shape index (κ3) is 4.83. The van der Waals surface area contributed by atoms with Gasteiger partial charge in [0, 0.05) is 21.2 Å². The van der Waals surface area contributed by atoms with Gasteiger partial charge in [0.1, 0.15) is 17.9 Å². The average Bonchev–Trinajstić information content (AvgIpc) is 3.23. The smallest absolute Gasteiger partial charge is 0.244 e. The Morgan fingerprint density at radius 2 is 1.68 bits per heavy atom. The number of carbonyl (C=O) groups excluding carboxylic acids is 1. The summed E-state index contributed by atoms with van der Waals surface area (Å²) in [7, 11) is 0. The Hall–Kier alpha value is -2.86. The van der Waals surface area contributed by atoms with Crippen molar-refractivity contribution in [2.45, 2.75) is 31.8 Å². The van der Waals surface area contributed by atoms with E-state index in [1.165, 1.54) is 15.9 Å². The molecule has 1 unspecified atom stereocenters. The summed E-state index contributed by atoms with van der Waals surface area (Å²) in [5.74, 6) is -0.145. The second-order valence-electron chi connectivity index (χ2n) is 8.27. The Morgan fingerprint density at radius 1 is 0.941 bits per heavy atom. The number of nitrogens with zero attached hydrogens (tertiary/aromatic N) is 3. The van der Waals surface area contributed by atoms with Crippen LogP contribution in [0.5, 0.6) is 0 Å². The van der Waals surface area contributed by atoms with E-state index in [1.54, 1.807) is 30.3 Å². The van der Waals surface area contributed by atoms with Crippen LogP contribution in [0.25, 0.3) is 22.5 Å². The van der Waals surface area contributed by atoms with E-state index in [-0.39, 0.29) is 18.5 Å². The summed E-state index contributed by atoms with van der Waals surface area (Å²) in [6.45, 7) is -0.00946. The highest BCUT2D eigenvalue weighted by molar-refractivity contribution is 6.36. The highest BCUT2D eigenvalue weighted by Crippen LogP contribution is 2.35. The Bertz CT molecular complexity index is 1350. The van der Waals surface area contributed by atoms with Crippen molar-refractivity contribution in [1.29, 1.82) is 0 Å². The van der Waals surface area contributed by atoms with E-state index >= 15 is 0 Å². The molecule has 0 spiro atoms. The largest absolute Gasteiger partial charge is 0.348 e. The molecule has 8 heteroatoms. The van der Waals surface area contributed by atoms with Gasteiger partial charge in [-0.15, -0.1) is 0 Å². The summed E-state index contributed by atoms with van der Waals surface area (Å²) < 4.78 is 0. The number of halogens is 3. The molecule has 5 rings (SSSR count). The van der Waals surface area contributed by atoms with Gasteiger partial charge < -0.3 is 5.32 Å². The number of rotatable bonds is 5. The maximum absolute atomic E-state index is 13.0. The zero-order valence-corrected chi connectivity index (χ0v) is 20.4. The van der Waals surface area contributed by atoms with Crippen LogP contribution in [-0.2, 0) is 17.8 Å². The molecule has 1 amide bonds. The highest BCUT2D eigenvalue weighted by Gasteiger charge is 2.23. The molecule has 0 bridgehead atoms. The van der Waals surface area contributed by atoms with Crippen molar-refractivity contribution in [3.63, 3.8) is 0 Å². The number of aryl methyl sites for hydroxylation is 1. The zero-order valence-electron chi connectivity index (χ0n) is 18.1. The number of benzene rings is 3. The second-order valence-corrected chi connectivity index (χ2v) is 9.55. The number of fused-ring (bicyclic) bond motifs is 1. The van der Waals surface area contributed by atoms with Crippen LogP contribution in [-0.4, -0.2) is 20.9 Å². The Balaban J connectivity index is 1.44. The molecule has 172 valence electrons. The van der Waals surface area contributed by atoms with Gasteiger partial charge >= 0.3 is 0 Å². The van der Waals surface area contributed by atoms with Crippen LogP contribution in [0.1, 0.15) is 30.0 Å². The second kappa shape index (κ2) is 9.79. The van der Waals surface area contributed by atoms with Crippen molar-refractivity contribution >= 4 is 40.7 Å². The first-order valence-electron chi connectivity index (χ1n) is 11.0. The number of amides is 1. The van der Waals surface area contributed by atoms with E-state index in [2.05, 4.69) is 27.6 Å². The van der Waals surface area contributed by atoms with Crippen LogP contribution in [0.15, 0.2) is 66.7 Å². The number of aromatic nitrogens is 3. The third-order valence-corrected chi connectivity index (χ3v) is 6.75. The Labute approximate surface area is 212 Å². The van der Waals surface area contributed by atoms with Crippen molar-refractivity contribution in [3.8, 4) is 22.5 Å². The molecule has 1 N–H and O–H groups in total. The lowest BCUT2D eigenvalue weighted by Gasteiger charge is -2.26. The predicted octanol–water partition coefficient (Wildman–Crippen LogP) is 6.77. The summed E-state index contributed by atoms with van der Waals surface area (Å²) in [6.07, 6.45) is 3.00. The van der Waals surface area contributed by atoms with Crippen molar-refractivity contribution < 1.29 is 4.79 Å². The molecule has 1 heterocycles. The van der Waals surface area contributed by atoms with Gasteiger partial charge in [0.25, 0.3) is 0 Å². The standard InChI is InChI=1S/C26H21Cl3N4O/c27-18-10-8-17(9-11-18)25-26(21-13-12-19(28)14-22(21)29)32-33(31-25)15-24(34)30-23-7-3-5-16-4-1-2-6-20(16)23/h1-2,4,6,8-14,23H,3,5,7,15H2,(H,30,34). The minimum absolute atomic E-state index is 0.00562. The molecule has 3 aromatic carbocycles. The van der Waals surface area contributed by atoms with Crippen LogP contribution in [0.2, 0.25) is 15.1 Å². The molecule has 0 radical (unpaired) electrons. The van der Waals surface area contributed by atoms with Gasteiger partial charge in [0.05, 0.1) is 11.1 Å². The van der Waals surface area contributed by atoms with Crippen LogP contribution >= 0.6 is 34.8 Å². The van der Waals surface area contributed by atoms with E-state index in [0.29, 0.717) is 32.0 Å². The van der Waals surface area contributed by atoms with Gasteiger partial charge in [-0.1, -0.05) is 71.2 Å². The fraction of sp³-hybridized carbons (Fsp3) is 0.192. The molecule has 1 atom stereocenters. The van der Waals surface area contributed by atoms with Crippen molar-refractivity contribution in [3.05, 3.63) is 92.9 Å². The lowest BCUT2D eigenvalue weighted by atomic mass is 9.88. The Morgan fingerprint density at radius 3 is 2.47 bits per heavy atom. The normalized spacial score (nSPS) is 15.1. The molecule has 34 heavy (non-hydrogen) atoms. The highest BCUT2D eigenvalue weighted by atomic mass is 35.5. The summed E-state index contributed by atoms with van der Waals surface area (Å²) in [6, 6.07) is 20.8. The minimum atomic E-state index is -0.145. The fourth-order valence-corrected chi connectivity index (χ4v) is 4.98. The number of nitrogens with one attached hydrogen (secondary N) is 1. The van der Waals surface area contributed by atoms with E-state index in [1.807, 2.05) is 24.3 Å². The van der Waals surface area contributed by atoms with Gasteiger partial charge in [-0.25, -0.2) is 0 Å². The maximum atomic E-state index is 13.0. The number of hydrogen-bond acceptors (Lipinski definition) is 3. The molecular formula is C26H21Cl3N4O. The van der Waals surface area contributed by atoms with Crippen molar-refractivity contribution in [2.75, 3.05) is 0 Å². The first-order chi connectivity index (χ1) is 16.5. The quantitative estimate of drug-likeness (QED) is 0.322. The van der Waals surface area contributed by atoms with Crippen molar-refractivity contribution in [2.24, 2.45) is 0 Å². The first-order valence-corrected chi connectivity index (χ1v) is 12.1. The molecule has 4 aromatic rings. The molecule has 1 aromatic heterocycles.